The van der Waals surface area contributed by atoms with Crippen molar-refractivity contribution in [1.29, 1.82) is 0 Å². The average molecular weight is 222 g/mol. The minimum absolute atomic E-state index is 0.586. The van der Waals surface area contributed by atoms with E-state index in [-0.39, 0.29) is 0 Å². The van der Waals surface area contributed by atoms with Crippen molar-refractivity contribution in [2.45, 2.75) is 6.54 Å². The molecule has 0 saturated heterocycles. The minimum atomic E-state index is -0.586. The van der Waals surface area contributed by atoms with Crippen molar-refractivity contribution >= 4 is 12.0 Å². The van der Waals surface area contributed by atoms with E-state index in [0.29, 0.717) is 17.9 Å². The second-order valence-corrected chi connectivity index (χ2v) is 3.48. The molecule has 1 heterocycles. The molecule has 6 nitrogen and oxygen atoms in total. The number of carbonyl (C=O) groups excluding carboxylic acids is 1. The lowest BCUT2D eigenvalue weighted by Crippen LogP contribution is -2.15. The molecule has 0 aliphatic rings. The zero-order valence-electron chi connectivity index (χ0n) is 9.21. The van der Waals surface area contributed by atoms with Gasteiger partial charge in [0.25, 0.3) is 5.91 Å². The summed E-state index contributed by atoms with van der Waals surface area (Å²) < 4.78 is 0. The number of nitrogens with zero attached hydrogens (tertiary/aromatic N) is 3. The van der Waals surface area contributed by atoms with E-state index in [1.54, 1.807) is 12.4 Å². The highest BCUT2D eigenvalue weighted by Crippen LogP contribution is 2.00. The van der Waals surface area contributed by atoms with Crippen LogP contribution in [0.15, 0.2) is 18.5 Å². The number of aromatic nitrogens is 2. The fraction of sp³-hybridized carbons (Fsp3) is 0.300. The molecule has 1 aromatic rings. The Labute approximate surface area is 93.6 Å². The van der Waals surface area contributed by atoms with Crippen LogP contribution in [-0.2, 0) is 11.3 Å². The molecular formula is C10H14N4O2. The number of hydrogen-bond donors (Lipinski definition) is 2. The smallest absolute Gasteiger partial charge is 0.267 e. The molecule has 1 rings (SSSR count). The van der Waals surface area contributed by atoms with Gasteiger partial charge in [-0.15, -0.1) is 0 Å². The maximum absolute atomic E-state index is 10.7. The molecule has 86 valence electrons. The van der Waals surface area contributed by atoms with E-state index in [0.717, 1.165) is 0 Å². The SMILES string of the molecule is CN(C)Cc1ncc(/C=C/C(=O)NO)cn1. The van der Waals surface area contributed by atoms with Crippen LogP contribution < -0.4 is 5.48 Å². The summed E-state index contributed by atoms with van der Waals surface area (Å²) in [5.41, 5.74) is 2.20. The molecule has 0 aliphatic heterocycles. The van der Waals surface area contributed by atoms with Crippen LogP contribution in [0.2, 0.25) is 0 Å². The molecule has 0 radical (unpaired) electrons. The molecule has 1 amide bonds. The Morgan fingerprint density at radius 2 is 2.12 bits per heavy atom. The number of nitrogens with one attached hydrogen (secondary N) is 1. The van der Waals surface area contributed by atoms with Crippen LogP contribution in [0.1, 0.15) is 11.4 Å². The van der Waals surface area contributed by atoms with Crippen molar-refractivity contribution in [3.63, 3.8) is 0 Å². The predicted octanol–water partition coefficient (Wildman–Crippen LogP) is 0.0568. The summed E-state index contributed by atoms with van der Waals surface area (Å²) in [6, 6.07) is 0. The molecule has 2 N–H and O–H groups in total. The normalized spacial score (nSPS) is 11.0. The Balaban J connectivity index is 2.64. The summed E-state index contributed by atoms with van der Waals surface area (Å²) in [5.74, 6) is 0.131. The fourth-order valence-electron chi connectivity index (χ4n) is 1.02. The predicted molar refractivity (Wildman–Crippen MR) is 58.4 cm³/mol. The lowest BCUT2D eigenvalue weighted by Gasteiger charge is -2.07. The van der Waals surface area contributed by atoms with Crippen LogP contribution in [0.25, 0.3) is 6.08 Å². The first-order valence-corrected chi connectivity index (χ1v) is 4.69. The number of hydroxylamine groups is 1. The van der Waals surface area contributed by atoms with Gasteiger partial charge in [0.2, 0.25) is 0 Å². The first kappa shape index (κ1) is 12.3. The molecule has 0 spiro atoms. The summed E-state index contributed by atoms with van der Waals surface area (Å²) in [4.78, 5) is 20.9. The van der Waals surface area contributed by atoms with Gasteiger partial charge in [-0.25, -0.2) is 15.4 Å². The van der Waals surface area contributed by atoms with Gasteiger partial charge in [-0.3, -0.25) is 10.0 Å². The van der Waals surface area contributed by atoms with E-state index in [4.69, 9.17) is 5.21 Å². The summed E-state index contributed by atoms with van der Waals surface area (Å²) >= 11 is 0. The van der Waals surface area contributed by atoms with Gasteiger partial charge < -0.3 is 4.90 Å². The van der Waals surface area contributed by atoms with Gasteiger partial charge in [0, 0.05) is 24.0 Å². The van der Waals surface area contributed by atoms with Crippen molar-refractivity contribution < 1.29 is 10.0 Å². The highest BCUT2D eigenvalue weighted by atomic mass is 16.5. The highest BCUT2D eigenvalue weighted by molar-refractivity contribution is 5.90. The number of hydrogen-bond acceptors (Lipinski definition) is 5. The van der Waals surface area contributed by atoms with Crippen molar-refractivity contribution in [2.75, 3.05) is 14.1 Å². The van der Waals surface area contributed by atoms with Crippen LogP contribution in [0.4, 0.5) is 0 Å². The molecular weight excluding hydrogens is 208 g/mol. The van der Waals surface area contributed by atoms with Gasteiger partial charge in [0.15, 0.2) is 0 Å². The molecule has 0 aliphatic carbocycles. The summed E-state index contributed by atoms with van der Waals surface area (Å²) in [6.07, 6.45) is 5.95. The van der Waals surface area contributed by atoms with E-state index >= 15 is 0 Å². The Hall–Kier alpha value is -1.79. The average Bonchev–Trinajstić information content (AvgIpc) is 2.27. The molecule has 0 atom stereocenters. The maximum Gasteiger partial charge on any atom is 0.267 e. The maximum atomic E-state index is 10.7. The van der Waals surface area contributed by atoms with E-state index < -0.39 is 5.91 Å². The van der Waals surface area contributed by atoms with Crippen molar-refractivity contribution in [1.82, 2.24) is 20.3 Å². The van der Waals surface area contributed by atoms with Crippen molar-refractivity contribution in [3.05, 3.63) is 29.9 Å². The van der Waals surface area contributed by atoms with E-state index in [9.17, 15) is 4.79 Å². The van der Waals surface area contributed by atoms with E-state index in [1.165, 1.54) is 17.6 Å². The number of carbonyl (C=O) groups is 1. The summed E-state index contributed by atoms with van der Waals surface area (Å²) in [5, 5.41) is 8.27. The third-order valence-electron chi connectivity index (χ3n) is 1.72. The van der Waals surface area contributed by atoms with E-state index in [2.05, 4.69) is 9.97 Å². The van der Waals surface area contributed by atoms with Crippen LogP contribution in [0.3, 0.4) is 0 Å². The second-order valence-electron chi connectivity index (χ2n) is 3.48. The topological polar surface area (TPSA) is 78.4 Å². The molecule has 0 bridgehead atoms. The third kappa shape index (κ3) is 4.16. The van der Waals surface area contributed by atoms with Gasteiger partial charge in [-0.1, -0.05) is 0 Å². The van der Waals surface area contributed by atoms with Crippen LogP contribution >= 0.6 is 0 Å². The van der Waals surface area contributed by atoms with E-state index in [1.807, 2.05) is 19.0 Å². The van der Waals surface area contributed by atoms with Crippen LogP contribution in [0.5, 0.6) is 0 Å². The number of amides is 1. The first-order chi connectivity index (χ1) is 7.61. The van der Waals surface area contributed by atoms with Gasteiger partial charge in [0.05, 0.1) is 6.54 Å². The first-order valence-electron chi connectivity index (χ1n) is 4.69. The van der Waals surface area contributed by atoms with Crippen molar-refractivity contribution in [3.8, 4) is 0 Å². The molecule has 0 saturated carbocycles. The molecule has 0 aromatic carbocycles. The largest absolute Gasteiger partial charge is 0.302 e. The van der Waals surface area contributed by atoms with Gasteiger partial charge >= 0.3 is 0 Å². The summed E-state index contributed by atoms with van der Waals surface area (Å²) in [6.45, 7) is 0.668. The molecule has 6 heteroatoms. The standard InChI is InChI=1S/C10H14N4O2/c1-14(2)7-9-11-5-8(6-12-9)3-4-10(15)13-16/h3-6,16H,7H2,1-2H3,(H,13,15)/b4-3+. The Bertz CT molecular complexity index is 373. The molecule has 16 heavy (non-hydrogen) atoms. The Morgan fingerprint density at radius 3 is 2.62 bits per heavy atom. The Kier molecular flexibility index (Phi) is 4.56. The highest BCUT2D eigenvalue weighted by Gasteiger charge is 1.98. The monoisotopic (exact) mass is 222 g/mol. The molecule has 0 fully saturated rings. The zero-order valence-corrected chi connectivity index (χ0v) is 9.21. The minimum Gasteiger partial charge on any atom is -0.302 e. The lowest BCUT2D eigenvalue weighted by molar-refractivity contribution is -0.124. The fourth-order valence-corrected chi connectivity index (χ4v) is 1.02. The van der Waals surface area contributed by atoms with Gasteiger partial charge in [-0.2, -0.15) is 0 Å². The third-order valence-corrected chi connectivity index (χ3v) is 1.72. The van der Waals surface area contributed by atoms with Crippen molar-refractivity contribution in [2.24, 2.45) is 0 Å². The number of rotatable bonds is 4. The molecule has 1 aromatic heterocycles. The van der Waals surface area contributed by atoms with Gasteiger partial charge in [0.1, 0.15) is 5.82 Å². The quantitative estimate of drug-likeness (QED) is 0.428. The van der Waals surface area contributed by atoms with Crippen LogP contribution in [-0.4, -0.2) is 40.1 Å². The zero-order chi connectivity index (χ0) is 12.0. The second kappa shape index (κ2) is 5.94. The summed E-state index contributed by atoms with van der Waals surface area (Å²) in [7, 11) is 3.87. The van der Waals surface area contributed by atoms with Gasteiger partial charge in [-0.05, 0) is 20.2 Å². The molecule has 0 unspecified atom stereocenters. The lowest BCUT2D eigenvalue weighted by atomic mass is 10.3. The Morgan fingerprint density at radius 1 is 1.50 bits per heavy atom. The van der Waals surface area contributed by atoms with Crippen LogP contribution in [0, 0.1) is 0 Å².